The molecule has 0 radical (unpaired) electrons. The zero-order chi connectivity index (χ0) is 26.1. The summed E-state index contributed by atoms with van der Waals surface area (Å²) >= 11 is 0. The average Bonchev–Trinajstić information content (AvgIpc) is 3.25. The van der Waals surface area contributed by atoms with Crippen molar-refractivity contribution in [2.45, 2.75) is 36.3 Å². The molecule has 2 atom stereocenters. The largest absolute Gasteiger partial charge is 0.433 e. The van der Waals surface area contributed by atoms with Crippen molar-refractivity contribution in [3.05, 3.63) is 72.2 Å². The summed E-state index contributed by atoms with van der Waals surface area (Å²) in [5.41, 5.74) is -0.252. The van der Waals surface area contributed by atoms with Crippen molar-refractivity contribution in [1.82, 2.24) is 24.6 Å². The summed E-state index contributed by atoms with van der Waals surface area (Å²) in [6.45, 7) is -0.712. The Labute approximate surface area is 202 Å². The molecule has 1 saturated heterocycles. The number of rotatable bonds is 6. The number of carbonyl (C=O) groups is 1. The smallest absolute Gasteiger partial charge is 0.349 e. The first-order valence-corrected chi connectivity index (χ1v) is 11.9. The third-order valence-electron chi connectivity index (χ3n) is 5.44. The quantitative estimate of drug-likeness (QED) is 0.494. The minimum absolute atomic E-state index is 0.180. The van der Waals surface area contributed by atoms with Gasteiger partial charge in [0.15, 0.2) is 0 Å². The van der Waals surface area contributed by atoms with Gasteiger partial charge in [0.2, 0.25) is 15.9 Å². The number of pyridine rings is 1. The van der Waals surface area contributed by atoms with Crippen LogP contribution in [0.15, 0.2) is 59.9 Å². The van der Waals surface area contributed by atoms with E-state index in [1.807, 2.05) is 0 Å². The van der Waals surface area contributed by atoms with Gasteiger partial charge >= 0.3 is 6.18 Å². The predicted octanol–water partition coefficient (Wildman–Crippen LogP) is 3.11. The fourth-order valence-corrected chi connectivity index (χ4v) is 5.29. The van der Waals surface area contributed by atoms with Crippen LogP contribution in [0.4, 0.5) is 22.0 Å². The Morgan fingerprint density at radius 3 is 2.44 bits per heavy atom. The van der Waals surface area contributed by atoms with Crippen LogP contribution in [-0.4, -0.2) is 52.3 Å². The highest BCUT2D eigenvalue weighted by Crippen LogP contribution is 2.29. The molecule has 1 aliphatic rings. The van der Waals surface area contributed by atoms with Gasteiger partial charge in [-0.15, -0.1) is 0 Å². The molecule has 36 heavy (non-hydrogen) atoms. The number of amides is 1. The van der Waals surface area contributed by atoms with E-state index in [0.29, 0.717) is 0 Å². The lowest BCUT2D eigenvalue weighted by atomic mass is 10.1. The third kappa shape index (κ3) is 5.49. The fourth-order valence-electron chi connectivity index (χ4n) is 3.66. The minimum Gasteiger partial charge on any atom is -0.349 e. The highest BCUT2D eigenvalue weighted by Gasteiger charge is 2.44. The van der Waals surface area contributed by atoms with E-state index in [0.717, 1.165) is 47.2 Å². The van der Waals surface area contributed by atoms with Crippen molar-refractivity contribution in [2.75, 3.05) is 6.54 Å². The number of aromatic nitrogens is 3. The van der Waals surface area contributed by atoms with Crippen LogP contribution in [0.5, 0.6) is 0 Å². The molecule has 1 amide bonds. The van der Waals surface area contributed by atoms with E-state index in [9.17, 15) is 35.2 Å². The monoisotopic (exact) mass is 527 g/mol. The van der Waals surface area contributed by atoms with Crippen molar-refractivity contribution < 1.29 is 35.2 Å². The third-order valence-corrected chi connectivity index (χ3v) is 7.33. The van der Waals surface area contributed by atoms with E-state index < -0.39 is 52.4 Å². The van der Waals surface area contributed by atoms with Crippen LogP contribution in [0.1, 0.15) is 17.8 Å². The van der Waals surface area contributed by atoms with Gasteiger partial charge in [0.05, 0.1) is 22.8 Å². The summed E-state index contributed by atoms with van der Waals surface area (Å²) < 4.78 is 92.1. The number of sulfonamides is 1. The molecule has 0 saturated carbocycles. The van der Waals surface area contributed by atoms with E-state index >= 15 is 0 Å². The molecule has 0 unspecified atom stereocenters. The molecule has 8 nitrogen and oxygen atoms in total. The van der Waals surface area contributed by atoms with Crippen LogP contribution in [0.3, 0.4) is 0 Å². The molecule has 0 bridgehead atoms. The molecule has 1 aliphatic heterocycles. The van der Waals surface area contributed by atoms with E-state index in [-0.39, 0.29) is 34.8 Å². The van der Waals surface area contributed by atoms with Crippen molar-refractivity contribution in [2.24, 2.45) is 0 Å². The first-order valence-electron chi connectivity index (χ1n) is 10.5. The van der Waals surface area contributed by atoms with Gasteiger partial charge in [0, 0.05) is 24.7 Å². The number of alkyl halides is 4. The summed E-state index contributed by atoms with van der Waals surface area (Å²) in [7, 11) is -4.27. The van der Waals surface area contributed by atoms with E-state index in [1.54, 1.807) is 0 Å². The Morgan fingerprint density at radius 1 is 1.08 bits per heavy atom. The molecule has 1 N–H and O–H groups in total. The molecule has 190 valence electrons. The maximum absolute atomic E-state index is 14.2. The van der Waals surface area contributed by atoms with E-state index in [1.165, 1.54) is 12.1 Å². The molecule has 3 aromatic rings. The molecular weight excluding hydrogens is 509 g/mol. The first-order chi connectivity index (χ1) is 16.9. The SMILES string of the molecule is O=C(NCc1cc(-c2ccc(C(F)(F)F)nc2)ncn1)[C@@H]1C[C@@H](F)CN1S(=O)(=O)c1ccc(F)cc1. The molecule has 4 rings (SSSR count). The van der Waals surface area contributed by atoms with Gasteiger partial charge in [-0.2, -0.15) is 17.5 Å². The van der Waals surface area contributed by atoms with Gasteiger partial charge in [-0.05, 0) is 42.5 Å². The summed E-state index contributed by atoms with van der Waals surface area (Å²) in [5.74, 6) is -1.42. The van der Waals surface area contributed by atoms with Gasteiger partial charge in [-0.25, -0.2) is 27.2 Å². The Morgan fingerprint density at radius 2 is 1.81 bits per heavy atom. The van der Waals surface area contributed by atoms with Gasteiger partial charge < -0.3 is 5.32 Å². The van der Waals surface area contributed by atoms with Crippen molar-refractivity contribution >= 4 is 15.9 Å². The maximum atomic E-state index is 14.2. The van der Waals surface area contributed by atoms with Crippen LogP contribution >= 0.6 is 0 Å². The normalized spacial score (nSPS) is 18.8. The number of halogens is 5. The molecule has 0 spiro atoms. The number of nitrogens with one attached hydrogen (secondary N) is 1. The number of carbonyl (C=O) groups excluding carboxylic acids is 1. The Bertz CT molecular complexity index is 1350. The number of nitrogens with zero attached hydrogens (tertiary/aromatic N) is 4. The number of benzene rings is 1. The highest BCUT2D eigenvalue weighted by molar-refractivity contribution is 7.89. The van der Waals surface area contributed by atoms with Crippen LogP contribution in [0.2, 0.25) is 0 Å². The van der Waals surface area contributed by atoms with Gasteiger partial charge in [0.1, 0.15) is 30.1 Å². The summed E-state index contributed by atoms with van der Waals surface area (Å²) in [6.07, 6.45) is -4.37. The second kappa shape index (κ2) is 9.85. The minimum atomic E-state index is -4.59. The fraction of sp³-hybridized carbons (Fsp3) is 0.273. The molecule has 3 heterocycles. The molecule has 1 aromatic carbocycles. The standard InChI is InChI=1S/C22H18F5N5O3S/c23-14-2-4-17(5-3-14)36(34,35)32-11-15(24)7-19(32)21(33)29-10-16-8-18(31-12-30-16)13-1-6-20(28-9-13)22(25,26)27/h1-6,8-9,12,15,19H,7,10-11H2,(H,29,33)/t15-,19+/m1/s1. The first kappa shape index (κ1) is 25.6. The highest BCUT2D eigenvalue weighted by atomic mass is 32.2. The van der Waals surface area contributed by atoms with Gasteiger partial charge in [0.25, 0.3) is 0 Å². The van der Waals surface area contributed by atoms with Crippen LogP contribution in [-0.2, 0) is 27.5 Å². The Kier molecular flexibility index (Phi) is 7.00. The van der Waals surface area contributed by atoms with E-state index in [2.05, 4.69) is 20.3 Å². The van der Waals surface area contributed by atoms with Crippen LogP contribution in [0, 0.1) is 5.82 Å². The van der Waals surface area contributed by atoms with Gasteiger partial charge in [-0.3, -0.25) is 9.78 Å². The summed E-state index contributed by atoms with van der Waals surface area (Å²) in [4.78, 5) is 23.9. The second-order valence-electron chi connectivity index (χ2n) is 7.92. The lowest BCUT2D eigenvalue weighted by molar-refractivity contribution is -0.141. The topological polar surface area (TPSA) is 105 Å². The molecule has 1 fully saturated rings. The van der Waals surface area contributed by atoms with Crippen molar-refractivity contribution in [3.8, 4) is 11.3 Å². The average molecular weight is 527 g/mol. The molecule has 0 aliphatic carbocycles. The van der Waals surface area contributed by atoms with E-state index in [4.69, 9.17) is 0 Å². The molecule has 14 heteroatoms. The zero-order valence-electron chi connectivity index (χ0n) is 18.3. The van der Waals surface area contributed by atoms with Gasteiger partial charge in [-0.1, -0.05) is 0 Å². The van der Waals surface area contributed by atoms with Crippen molar-refractivity contribution in [1.29, 1.82) is 0 Å². The number of hydrogen-bond acceptors (Lipinski definition) is 6. The molecule has 2 aromatic heterocycles. The van der Waals surface area contributed by atoms with Crippen LogP contribution in [0.25, 0.3) is 11.3 Å². The Hall–Kier alpha value is -3.52. The van der Waals surface area contributed by atoms with Crippen molar-refractivity contribution in [3.63, 3.8) is 0 Å². The summed E-state index contributed by atoms with van der Waals surface area (Å²) in [5, 5.41) is 2.51. The van der Waals surface area contributed by atoms with Crippen LogP contribution < -0.4 is 5.32 Å². The molecular formula is C22H18F5N5O3S. The predicted molar refractivity (Wildman–Crippen MR) is 116 cm³/mol. The zero-order valence-corrected chi connectivity index (χ0v) is 19.1. The second-order valence-corrected chi connectivity index (χ2v) is 9.81. The number of hydrogen-bond donors (Lipinski definition) is 1. The Balaban J connectivity index is 1.46. The lowest BCUT2D eigenvalue weighted by Crippen LogP contribution is -2.45. The summed E-state index contributed by atoms with van der Waals surface area (Å²) in [6, 6.07) is 6.04. The maximum Gasteiger partial charge on any atom is 0.433 e. The lowest BCUT2D eigenvalue weighted by Gasteiger charge is -2.23.